The molecule has 1 aromatic carbocycles. The third kappa shape index (κ3) is 3.83. The van der Waals surface area contributed by atoms with Crippen molar-refractivity contribution in [2.75, 3.05) is 0 Å². The molecule has 10 heteroatoms. The van der Waals surface area contributed by atoms with Crippen molar-refractivity contribution >= 4 is 32.7 Å². The molecular formula is C25H26N6O3S. The molecule has 180 valence electrons. The van der Waals surface area contributed by atoms with Crippen LogP contribution in [0.25, 0.3) is 32.5 Å². The Morgan fingerprint density at radius 1 is 1.11 bits per heavy atom. The molecule has 5 rings (SSSR count). The van der Waals surface area contributed by atoms with E-state index in [1.807, 2.05) is 18.4 Å². The first-order valence-electron chi connectivity index (χ1n) is 11.5. The normalized spacial score (nSPS) is 11.7. The zero-order valence-corrected chi connectivity index (χ0v) is 20.9. The zero-order valence-electron chi connectivity index (χ0n) is 20.1. The summed E-state index contributed by atoms with van der Waals surface area (Å²) in [6.45, 7) is 6.72. The van der Waals surface area contributed by atoms with Gasteiger partial charge in [0.1, 0.15) is 10.7 Å². The number of thiophene rings is 1. The Kier molecular flexibility index (Phi) is 5.76. The fourth-order valence-electron chi connectivity index (χ4n) is 4.31. The highest BCUT2D eigenvalue weighted by Gasteiger charge is 2.19. The van der Waals surface area contributed by atoms with E-state index in [2.05, 4.69) is 40.9 Å². The summed E-state index contributed by atoms with van der Waals surface area (Å²) in [4.78, 5) is 50.7. The Labute approximate surface area is 204 Å². The summed E-state index contributed by atoms with van der Waals surface area (Å²) < 4.78 is 4.64. The lowest BCUT2D eigenvalue weighted by molar-refractivity contribution is 0.612. The molecule has 4 heterocycles. The number of aryl methyl sites for hydroxylation is 4. The van der Waals surface area contributed by atoms with Crippen molar-refractivity contribution in [3.05, 3.63) is 78.0 Å². The van der Waals surface area contributed by atoms with Crippen LogP contribution < -0.4 is 16.8 Å². The van der Waals surface area contributed by atoms with Gasteiger partial charge < -0.3 is 4.57 Å². The molecule has 35 heavy (non-hydrogen) atoms. The third-order valence-electron chi connectivity index (χ3n) is 6.53. The van der Waals surface area contributed by atoms with E-state index in [0.717, 1.165) is 29.5 Å². The second kappa shape index (κ2) is 8.77. The molecule has 0 radical (unpaired) electrons. The highest BCUT2D eigenvalue weighted by atomic mass is 32.1. The van der Waals surface area contributed by atoms with Gasteiger partial charge in [0, 0.05) is 24.5 Å². The van der Waals surface area contributed by atoms with E-state index in [-0.39, 0.29) is 12.1 Å². The number of unbranched alkanes of at least 4 members (excludes halogenated alkanes) is 1. The molecule has 1 N–H and O–H groups in total. The summed E-state index contributed by atoms with van der Waals surface area (Å²) in [7, 11) is 1.72. The Morgan fingerprint density at radius 3 is 2.66 bits per heavy atom. The van der Waals surface area contributed by atoms with Gasteiger partial charge in [-0.2, -0.15) is 0 Å². The lowest BCUT2D eigenvalue weighted by Gasteiger charge is -2.07. The summed E-state index contributed by atoms with van der Waals surface area (Å²) in [5, 5.41) is 2.53. The van der Waals surface area contributed by atoms with Crippen LogP contribution in [0.1, 0.15) is 36.7 Å². The molecule has 0 bridgehead atoms. The van der Waals surface area contributed by atoms with Crippen molar-refractivity contribution in [3.63, 3.8) is 0 Å². The van der Waals surface area contributed by atoms with Crippen LogP contribution in [0, 0.1) is 13.8 Å². The molecule has 9 nitrogen and oxygen atoms in total. The topological polar surface area (TPSA) is 108 Å². The maximum atomic E-state index is 13.6. The maximum absolute atomic E-state index is 13.6. The molecule has 0 aliphatic carbocycles. The summed E-state index contributed by atoms with van der Waals surface area (Å²) in [6.07, 6.45) is 3.20. The summed E-state index contributed by atoms with van der Waals surface area (Å²) in [6, 6.07) is 6.16. The minimum atomic E-state index is -0.491. The Hall–Kier alpha value is -3.79. The van der Waals surface area contributed by atoms with Gasteiger partial charge in [-0.25, -0.2) is 14.8 Å². The van der Waals surface area contributed by atoms with Gasteiger partial charge in [-0.1, -0.05) is 31.5 Å². The van der Waals surface area contributed by atoms with Gasteiger partial charge in [0.2, 0.25) is 0 Å². The SMILES string of the molecule is CCCCn1c(=O)[nH]c(=O)c2c1nc(Cn1cnc3scc(-c4ccc(C)c(C)c4)c3c1=O)n2C. The number of hydrogen-bond donors (Lipinski definition) is 1. The van der Waals surface area contributed by atoms with Crippen LogP contribution in [-0.2, 0) is 20.1 Å². The average molecular weight is 491 g/mol. The smallest absolute Gasteiger partial charge is 0.324 e. The zero-order chi connectivity index (χ0) is 24.9. The fourth-order valence-corrected chi connectivity index (χ4v) is 5.22. The maximum Gasteiger partial charge on any atom is 0.330 e. The highest BCUT2D eigenvalue weighted by Crippen LogP contribution is 2.31. The minimum absolute atomic E-state index is 0.122. The first-order chi connectivity index (χ1) is 16.8. The molecular weight excluding hydrogens is 464 g/mol. The molecule has 0 saturated carbocycles. The van der Waals surface area contributed by atoms with E-state index < -0.39 is 11.2 Å². The number of aromatic amines is 1. The summed E-state index contributed by atoms with van der Waals surface area (Å²) in [5.74, 6) is 0.493. The standard InChI is InChI=1S/C25H26N6O3S/c1-5-6-9-31-21-20(22(32)28-25(31)34)29(4)18(27-21)11-30-13-26-23-19(24(30)33)17(12-35-23)16-8-7-14(2)15(3)10-16/h7-8,10,12-13H,5-6,9,11H2,1-4H3,(H,28,32,34). The van der Waals surface area contributed by atoms with Crippen molar-refractivity contribution < 1.29 is 0 Å². The van der Waals surface area contributed by atoms with Gasteiger partial charge in [0.05, 0.1) is 18.3 Å². The van der Waals surface area contributed by atoms with Gasteiger partial charge in [-0.05, 0) is 37.0 Å². The van der Waals surface area contributed by atoms with E-state index in [9.17, 15) is 14.4 Å². The summed E-state index contributed by atoms with van der Waals surface area (Å²) in [5.41, 5.74) is 3.69. The number of aromatic nitrogens is 6. The first kappa shape index (κ1) is 23.0. The lowest BCUT2D eigenvalue weighted by atomic mass is 10.0. The molecule has 0 saturated heterocycles. The molecule has 0 aliphatic rings. The molecule has 0 fully saturated rings. The molecule has 5 aromatic rings. The number of imidazole rings is 1. The summed E-state index contributed by atoms with van der Waals surface area (Å²) >= 11 is 1.44. The van der Waals surface area contributed by atoms with Gasteiger partial charge in [-0.3, -0.25) is 23.7 Å². The highest BCUT2D eigenvalue weighted by molar-refractivity contribution is 7.17. The van der Waals surface area contributed by atoms with E-state index >= 15 is 0 Å². The van der Waals surface area contributed by atoms with Crippen LogP contribution in [-0.4, -0.2) is 28.7 Å². The molecule has 0 atom stereocenters. The van der Waals surface area contributed by atoms with Crippen molar-refractivity contribution in [1.82, 2.24) is 28.7 Å². The molecule has 4 aromatic heterocycles. The molecule has 0 spiro atoms. The number of fused-ring (bicyclic) bond motifs is 2. The lowest BCUT2D eigenvalue weighted by Crippen LogP contribution is -2.31. The van der Waals surface area contributed by atoms with Crippen LogP contribution in [0.4, 0.5) is 0 Å². The molecule has 0 amide bonds. The number of H-pyrrole nitrogens is 1. The second-order valence-electron chi connectivity index (χ2n) is 8.83. The van der Waals surface area contributed by atoms with Crippen LogP contribution in [0.15, 0.2) is 44.3 Å². The van der Waals surface area contributed by atoms with Crippen molar-refractivity contribution in [2.24, 2.45) is 7.05 Å². The van der Waals surface area contributed by atoms with Crippen LogP contribution >= 0.6 is 11.3 Å². The predicted molar refractivity (Wildman–Crippen MR) is 138 cm³/mol. The molecule has 0 unspecified atom stereocenters. The van der Waals surface area contributed by atoms with Gasteiger partial charge in [0.25, 0.3) is 11.1 Å². The Morgan fingerprint density at radius 2 is 1.91 bits per heavy atom. The number of hydrogen-bond acceptors (Lipinski definition) is 6. The molecule has 0 aliphatic heterocycles. The Bertz CT molecular complexity index is 1770. The first-order valence-corrected chi connectivity index (χ1v) is 12.4. The van der Waals surface area contributed by atoms with Gasteiger partial charge in [-0.15, -0.1) is 11.3 Å². The van der Waals surface area contributed by atoms with Crippen molar-refractivity contribution in [2.45, 2.75) is 46.7 Å². The van der Waals surface area contributed by atoms with E-state index in [4.69, 9.17) is 0 Å². The largest absolute Gasteiger partial charge is 0.330 e. The van der Waals surface area contributed by atoms with E-state index in [1.165, 1.54) is 32.4 Å². The van der Waals surface area contributed by atoms with Crippen LogP contribution in [0.3, 0.4) is 0 Å². The van der Waals surface area contributed by atoms with Gasteiger partial charge >= 0.3 is 5.69 Å². The van der Waals surface area contributed by atoms with Crippen molar-refractivity contribution in [3.8, 4) is 11.1 Å². The predicted octanol–water partition coefficient (Wildman–Crippen LogP) is 3.33. The van der Waals surface area contributed by atoms with Gasteiger partial charge in [0.15, 0.2) is 11.2 Å². The average Bonchev–Trinajstić information content (AvgIpc) is 3.39. The van der Waals surface area contributed by atoms with Crippen molar-refractivity contribution in [1.29, 1.82) is 0 Å². The second-order valence-corrected chi connectivity index (χ2v) is 9.69. The van der Waals surface area contributed by atoms with Crippen LogP contribution in [0.5, 0.6) is 0 Å². The number of nitrogens with one attached hydrogen (secondary N) is 1. The third-order valence-corrected chi connectivity index (χ3v) is 7.42. The number of benzene rings is 1. The van der Waals surface area contributed by atoms with E-state index in [0.29, 0.717) is 33.7 Å². The monoisotopic (exact) mass is 490 g/mol. The minimum Gasteiger partial charge on any atom is -0.324 e. The van der Waals surface area contributed by atoms with E-state index in [1.54, 1.807) is 11.6 Å². The Balaban J connectivity index is 1.63. The number of rotatable bonds is 6. The van der Waals surface area contributed by atoms with Crippen LogP contribution in [0.2, 0.25) is 0 Å². The quantitative estimate of drug-likeness (QED) is 0.393. The number of nitrogens with zero attached hydrogens (tertiary/aromatic N) is 5. The fraction of sp³-hybridized carbons (Fsp3) is 0.320.